The average Bonchev–Trinajstić information content (AvgIpc) is 2.79. The molecule has 0 saturated heterocycles. The van der Waals surface area contributed by atoms with Gasteiger partial charge in [-0.05, 0) is 26.1 Å². The van der Waals surface area contributed by atoms with Crippen LogP contribution >= 0.6 is 0 Å². The Hall–Kier alpha value is -1.62. The van der Waals surface area contributed by atoms with Crippen molar-refractivity contribution in [1.82, 2.24) is 19.4 Å². The Morgan fingerprint density at radius 3 is 2.74 bits per heavy atom. The van der Waals surface area contributed by atoms with Crippen molar-refractivity contribution >= 4 is 16.9 Å². The molecule has 2 rings (SSSR count). The summed E-state index contributed by atoms with van der Waals surface area (Å²) in [4.78, 5) is 11.2. The average molecular weight is 261 g/mol. The van der Waals surface area contributed by atoms with E-state index in [2.05, 4.69) is 41.0 Å². The number of anilines is 1. The molecule has 0 amide bonds. The van der Waals surface area contributed by atoms with Crippen molar-refractivity contribution in [3.05, 3.63) is 18.6 Å². The van der Waals surface area contributed by atoms with Crippen LogP contribution in [-0.2, 0) is 7.05 Å². The smallest absolute Gasteiger partial charge is 0.154 e. The highest BCUT2D eigenvalue weighted by molar-refractivity contribution is 5.85. The highest BCUT2D eigenvalue weighted by Crippen LogP contribution is 2.19. The molecule has 1 unspecified atom stereocenters. The minimum Gasteiger partial charge on any atom is -0.364 e. The van der Waals surface area contributed by atoms with Crippen LogP contribution in [0.2, 0.25) is 0 Å². The maximum Gasteiger partial charge on any atom is 0.154 e. The second-order valence-corrected chi connectivity index (χ2v) is 4.91. The van der Waals surface area contributed by atoms with Gasteiger partial charge in [-0.15, -0.1) is 0 Å². The summed E-state index contributed by atoms with van der Waals surface area (Å²) in [6, 6.07) is 2.34. The van der Waals surface area contributed by atoms with Crippen LogP contribution < -0.4 is 5.32 Å². The minimum atomic E-state index is 0.347. The van der Waals surface area contributed by atoms with Gasteiger partial charge < -0.3 is 14.8 Å². The molecule has 5 nitrogen and oxygen atoms in total. The molecule has 0 bridgehead atoms. The number of imidazole rings is 1. The molecule has 2 aromatic rings. The third-order valence-corrected chi connectivity index (χ3v) is 3.45. The number of likely N-dealkylation sites (N-methyl/N-ethyl adjacent to an activating group) is 1. The highest BCUT2D eigenvalue weighted by atomic mass is 15.2. The molecule has 0 aliphatic heterocycles. The van der Waals surface area contributed by atoms with Crippen LogP contribution in [0.25, 0.3) is 11.0 Å². The first-order chi connectivity index (χ1) is 9.15. The van der Waals surface area contributed by atoms with Crippen molar-refractivity contribution in [3.8, 4) is 0 Å². The summed E-state index contributed by atoms with van der Waals surface area (Å²) in [5.74, 6) is 0.873. The summed E-state index contributed by atoms with van der Waals surface area (Å²) in [5, 5.41) is 3.47. The predicted octanol–water partition coefficient (Wildman–Crippen LogP) is 2.11. The number of hydrogen-bond acceptors (Lipinski definition) is 4. The van der Waals surface area contributed by atoms with Crippen LogP contribution in [0.1, 0.15) is 20.8 Å². The van der Waals surface area contributed by atoms with Crippen LogP contribution in [-0.4, -0.2) is 45.1 Å². The molecule has 0 spiro atoms. The van der Waals surface area contributed by atoms with Gasteiger partial charge in [0.1, 0.15) is 5.52 Å². The van der Waals surface area contributed by atoms with Gasteiger partial charge in [-0.3, -0.25) is 0 Å². The highest BCUT2D eigenvalue weighted by Gasteiger charge is 2.11. The van der Waals surface area contributed by atoms with Gasteiger partial charge >= 0.3 is 0 Å². The number of nitrogens with one attached hydrogen (secondary N) is 1. The number of fused-ring (bicyclic) bond motifs is 1. The molecule has 1 N–H and O–H groups in total. The Morgan fingerprint density at radius 2 is 2.05 bits per heavy atom. The van der Waals surface area contributed by atoms with Crippen molar-refractivity contribution in [3.63, 3.8) is 0 Å². The summed E-state index contributed by atoms with van der Waals surface area (Å²) >= 11 is 0. The first-order valence-electron chi connectivity index (χ1n) is 6.90. The first kappa shape index (κ1) is 13.8. The normalized spacial score (nSPS) is 13.1. The molecule has 0 fully saturated rings. The lowest BCUT2D eigenvalue weighted by Gasteiger charge is -2.23. The Balaban J connectivity index is 2.12. The van der Waals surface area contributed by atoms with E-state index in [1.54, 1.807) is 0 Å². The lowest BCUT2D eigenvalue weighted by molar-refractivity contribution is 0.294. The topological polar surface area (TPSA) is 46.0 Å². The molecule has 0 aromatic carbocycles. The van der Waals surface area contributed by atoms with E-state index in [0.717, 1.165) is 36.5 Å². The van der Waals surface area contributed by atoms with E-state index in [1.807, 2.05) is 30.2 Å². The SMILES string of the molecule is CCN(CC)CC(C)Nc1nccc2c1ncn2C. The fraction of sp³-hybridized carbons (Fsp3) is 0.571. The Morgan fingerprint density at radius 1 is 1.32 bits per heavy atom. The number of aryl methyl sites for hydroxylation is 1. The van der Waals surface area contributed by atoms with Crippen LogP contribution in [0.5, 0.6) is 0 Å². The zero-order valence-electron chi connectivity index (χ0n) is 12.2. The fourth-order valence-electron chi connectivity index (χ4n) is 2.32. The van der Waals surface area contributed by atoms with Crippen LogP contribution in [0, 0.1) is 0 Å². The molecular weight excluding hydrogens is 238 g/mol. The summed E-state index contributed by atoms with van der Waals surface area (Å²) in [5.41, 5.74) is 2.05. The largest absolute Gasteiger partial charge is 0.364 e. The van der Waals surface area contributed by atoms with Crippen LogP contribution in [0.3, 0.4) is 0 Å². The summed E-state index contributed by atoms with van der Waals surface area (Å²) in [7, 11) is 2.00. The minimum absolute atomic E-state index is 0.347. The second kappa shape index (κ2) is 6.02. The number of nitrogens with zero attached hydrogens (tertiary/aromatic N) is 4. The molecule has 0 aliphatic carbocycles. The number of hydrogen-bond donors (Lipinski definition) is 1. The Bertz CT molecular complexity index is 530. The van der Waals surface area contributed by atoms with E-state index in [1.165, 1.54) is 0 Å². The molecule has 104 valence electrons. The molecule has 19 heavy (non-hydrogen) atoms. The quantitative estimate of drug-likeness (QED) is 0.865. The van der Waals surface area contributed by atoms with E-state index in [0.29, 0.717) is 6.04 Å². The first-order valence-corrected chi connectivity index (χ1v) is 6.90. The van der Waals surface area contributed by atoms with E-state index in [-0.39, 0.29) is 0 Å². The van der Waals surface area contributed by atoms with Crippen molar-refractivity contribution in [2.24, 2.45) is 7.05 Å². The number of aromatic nitrogens is 3. The predicted molar refractivity (Wildman–Crippen MR) is 79.4 cm³/mol. The van der Waals surface area contributed by atoms with Crippen molar-refractivity contribution < 1.29 is 0 Å². The van der Waals surface area contributed by atoms with E-state index < -0.39 is 0 Å². The standard InChI is InChI=1S/C14H23N5/c1-5-19(6-2)9-11(3)17-14-13-12(7-8-15-14)18(4)10-16-13/h7-8,10-11H,5-6,9H2,1-4H3,(H,15,17). The molecule has 0 aliphatic rings. The molecule has 1 atom stereocenters. The van der Waals surface area contributed by atoms with Gasteiger partial charge in [0.25, 0.3) is 0 Å². The van der Waals surface area contributed by atoms with E-state index in [4.69, 9.17) is 0 Å². The second-order valence-electron chi connectivity index (χ2n) is 4.91. The Kier molecular flexibility index (Phi) is 4.37. The van der Waals surface area contributed by atoms with Crippen molar-refractivity contribution in [2.75, 3.05) is 25.0 Å². The van der Waals surface area contributed by atoms with Gasteiger partial charge in [-0.1, -0.05) is 13.8 Å². The molecule has 2 aromatic heterocycles. The van der Waals surface area contributed by atoms with Gasteiger partial charge in [0, 0.05) is 25.8 Å². The van der Waals surface area contributed by atoms with Gasteiger partial charge in [-0.2, -0.15) is 0 Å². The van der Waals surface area contributed by atoms with Crippen molar-refractivity contribution in [1.29, 1.82) is 0 Å². The maximum absolute atomic E-state index is 4.42. The van der Waals surface area contributed by atoms with Gasteiger partial charge in [0.2, 0.25) is 0 Å². The van der Waals surface area contributed by atoms with Crippen molar-refractivity contribution in [2.45, 2.75) is 26.8 Å². The number of rotatable bonds is 6. The van der Waals surface area contributed by atoms with Gasteiger partial charge in [-0.25, -0.2) is 9.97 Å². The molecular formula is C14H23N5. The molecule has 2 heterocycles. The zero-order valence-corrected chi connectivity index (χ0v) is 12.2. The Labute approximate surface area is 114 Å². The van der Waals surface area contributed by atoms with Crippen LogP contribution in [0.4, 0.5) is 5.82 Å². The van der Waals surface area contributed by atoms with Crippen LogP contribution in [0.15, 0.2) is 18.6 Å². The molecule has 0 radical (unpaired) electrons. The maximum atomic E-state index is 4.42. The van der Waals surface area contributed by atoms with E-state index >= 15 is 0 Å². The third kappa shape index (κ3) is 3.04. The lowest BCUT2D eigenvalue weighted by atomic mass is 10.3. The monoisotopic (exact) mass is 261 g/mol. The third-order valence-electron chi connectivity index (χ3n) is 3.45. The summed E-state index contributed by atoms with van der Waals surface area (Å²) in [6.45, 7) is 9.72. The lowest BCUT2D eigenvalue weighted by Crippen LogP contribution is -2.35. The fourth-order valence-corrected chi connectivity index (χ4v) is 2.32. The van der Waals surface area contributed by atoms with E-state index in [9.17, 15) is 0 Å². The van der Waals surface area contributed by atoms with Gasteiger partial charge in [0.05, 0.1) is 11.8 Å². The number of pyridine rings is 1. The molecule has 5 heteroatoms. The van der Waals surface area contributed by atoms with Gasteiger partial charge in [0.15, 0.2) is 5.82 Å². The zero-order chi connectivity index (χ0) is 13.8. The molecule has 0 saturated carbocycles. The summed E-state index contributed by atoms with van der Waals surface area (Å²) < 4.78 is 2.01. The summed E-state index contributed by atoms with van der Waals surface area (Å²) in [6.07, 6.45) is 3.66.